The fourth-order valence-electron chi connectivity index (χ4n) is 2.15. The third-order valence-electron chi connectivity index (χ3n) is 3.48. The first kappa shape index (κ1) is 18.7. The Hall–Kier alpha value is -1.66. The van der Waals surface area contributed by atoms with Gasteiger partial charge in [0.1, 0.15) is 0 Å². The predicted octanol–water partition coefficient (Wildman–Crippen LogP) is 5.57. The van der Waals surface area contributed by atoms with Gasteiger partial charge in [-0.15, -0.1) is 11.8 Å². The normalized spacial score (nSPS) is 12.8. The van der Waals surface area contributed by atoms with Gasteiger partial charge in [-0.2, -0.15) is 13.2 Å². The second-order valence-electron chi connectivity index (χ2n) is 5.16. The third-order valence-corrected chi connectivity index (χ3v) is 4.53. The van der Waals surface area contributed by atoms with Gasteiger partial charge in [0.2, 0.25) is 0 Å². The van der Waals surface area contributed by atoms with Crippen LogP contribution in [0, 0.1) is 0 Å². The van der Waals surface area contributed by atoms with E-state index in [0.29, 0.717) is 16.1 Å². The van der Waals surface area contributed by atoms with E-state index >= 15 is 0 Å². The number of nitrogens with one attached hydrogen (secondary N) is 1. The molecule has 0 radical (unpaired) electrons. The molecule has 1 N–H and O–H groups in total. The summed E-state index contributed by atoms with van der Waals surface area (Å²) in [5.41, 5.74) is -0.0822. The highest BCUT2D eigenvalue weighted by molar-refractivity contribution is 7.98. The summed E-state index contributed by atoms with van der Waals surface area (Å²) in [4.78, 5) is 13.2. The quantitative estimate of drug-likeness (QED) is 0.709. The SMILES string of the molecule is CSc1ccc(Cl)c(C(=O)NC(C)c2cccc(C(F)(F)F)c2)c1. The molecule has 2 aromatic rings. The summed E-state index contributed by atoms with van der Waals surface area (Å²) in [5, 5.41) is 2.98. The number of benzene rings is 2. The largest absolute Gasteiger partial charge is 0.416 e. The molecule has 0 aliphatic carbocycles. The first-order chi connectivity index (χ1) is 11.2. The van der Waals surface area contributed by atoms with Gasteiger partial charge in [0.05, 0.1) is 22.2 Å². The minimum absolute atomic E-state index is 0.293. The molecule has 2 rings (SSSR count). The number of amides is 1. The molecule has 2 aromatic carbocycles. The second-order valence-corrected chi connectivity index (χ2v) is 6.45. The molecule has 0 aliphatic heterocycles. The van der Waals surface area contributed by atoms with Crippen LogP contribution in [0.15, 0.2) is 47.4 Å². The van der Waals surface area contributed by atoms with Gasteiger partial charge < -0.3 is 5.32 Å². The zero-order valence-electron chi connectivity index (χ0n) is 12.9. The fraction of sp³-hybridized carbons (Fsp3) is 0.235. The number of carbonyl (C=O) groups excluding carboxylic acids is 1. The Bertz CT molecular complexity index is 749. The van der Waals surface area contributed by atoms with Gasteiger partial charge >= 0.3 is 6.18 Å². The van der Waals surface area contributed by atoms with Crippen LogP contribution in [0.25, 0.3) is 0 Å². The first-order valence-electron chi connectivity index (χ1n) is 7.04. The first-order valence-corrected chi connectivity index (χ1v) is 8.64. The molecule has 128 valence electrons. The Balaban J connectivity index is 2.21. The monoisotopic (exact) mass is 373 g/mol. The van der Waals surface area contributed by atoms with Crippen LogP contribution in [-0.2, 0) is 6.18 Å². The minimum Gasteiger partial charge on any atom is -0.345 e. The maximum atomic E-state index is 12.8. The Morgan fingerprint density at radius 2 is 1.92 bits per heavy atom. The maximum Gasteiger partial charge on any atom is 0.416 e. The van der Waals surface area contributed by atoms with Crippen molar-refractivity contribution in [3.63, 3.8) is 0 Å². The lowest BCUT2D eigenvalue weighted by atomic mass is 10.0. The van der Waals surface area contributed by atoms with Crippen molar-refractivity contribution >= 4 is 29.3 Å². The van der Waals surface area contributed by atoms with Gasteiger partial charge in [-0.3, -0.25) is 4.79 Å². The lowest BCUT2D eigenvalue weighted by Crippen LogP contribution is -2.27. The third kappa shape index (κ3) is 4.45. The summed E-state index contributed by atoms with van der Waals surface area (Å²) < 4.78 is 38.4. The van der Waals surface area contributed by atoms with E-state index in [1.807, 2.05) is 6.26 Å². The minimum atomic E-state index is -4.42. The van der Waals surface area contributed by atoms with Crippen LogP contribution < -0.4 is 5.32 Å². The zero-order valence-corrected chi connectivity index (χ0v) is 14.5. The van der Waals surface area contributed by atoms with Crippen molar-refractivity contribution in [1.29, 1.82) is 0 Å². The van der Waals surface area contributed by atoms with Crippen molar-refractivity contribution in [2.75, 3.05) is 6.26 Å². The molecule has 1 unspecified atom stereocenters. The lowest BCUT2D eigenvalue weighted by molar-refractivity contribution is -0.137. The van der Waals surface area contributed by atoms with Crippen molar-refractivity contribution < 1.29 is 18.0 Å². The topological polar surface area (TPSA) is 29.1 Å². The summed E-state index contributed by atoms with van der Waals surface area (Å²) in [6, 6.07) is 9.37. The summed E-state index contributed by atoms with van der Waals surface area (Å²) >= 11 is 7.51. The van der Waals surface area contributed by atoms with E-state index in [1.165, 1.54) is 17.8 Å². The molecule has 0 heterocycles. The lowest BCUT2D eigenvalue weighted by Gasteiger charge is -2.17. The molecule has 0 aromatic heterocycles. The van der Waals surface area contributed by atoms with Crippen LogP contribution in [0.5, 0.6) is 0 Å². The number of thioether (sulfide) groups is 1. The molecule has 1 atom stereocenters. The standard InChI is InChI=1S/C17H15ClF3NOS/c1-10(11-4-3-5-12(8-11)17(19,20)21)22-16(23)14-9-13(24-2)6-7-15(14)18/h3-10H,1-2H3,(H,22,23). The van der Waals surface area contributed by atoms with E-state index in [-0.39, 0.29) is 0 Å². The number of rotatable bonds is 4. The number of hydrogen-bond acceptors (Lipinski definition) is 2. The smallest absolute Gasteiger partial charge is 0.345 e. The van der Waals surface area contributed by atoms with E-state index in [4.69, 9.17) is 11.6 Å². The average molecular weight is 374 g/mol. The van der Waals surface area contributed by atoms with E-state index in [0.717, 1.165) is 17.0 Å². The second kappa shape index (κ2) is 7.49. The Morgan fingerprint density at radius 1 is 1.21 bits per heavy atom. The van der Waals surface area contributed by atoms with Gasteiger partial charge in [0, 0.05) is 4.90 Å². The molecule has 0 spiro atoms. The molecule has 0 bridgehead atoms. The van der Waals surface area contributed by atoms with Crippen LogP contribution in [0.3, 0.4) is 0 Å². The predicted molar refractivity (Wildman–Crippen MR) is 90.6 cm³/mol. The summed E-state index contributed by atoms with van der Waals surface area (Å²) in [7, 11) is 0. The van der Waals surface area contributed by atoms with Crippen molar-refractivity contribution in [2.45, 2.75) is 24.0 Å². The fourth-order valence-corrected chi connectivity index (χ4v) is 2.79. The zero-order chi connectivity index (χ0) is 17.9. The van der Waals surface area contributed by atoms with Crippen LogP contribution in [0.1, 0.15) is 34.5 Å². The molecule has 24 heavy (non-hydrogen) atoms. The molecule has 0 saturated carbocycles. The van der Waals surface area contributed by atoms with Gasteiger partial charge in [-0.05, 0) is 49.1 Å². The summed E-state index contributed by atoms with van der Waals surface area (Å²) in [6.07, 6.45) is -2.55. The Morgan fingerprint density at radius 3 is 2.54 bits per heavy atom. The number of halogens is 4. The van der Waals surface area contributed by atoms with Crippen molar-refractivity contribution in [1.82, 2.24) is 5.32 Å². The molecular formula is C17H15ClF3NOS. The summed E-state index contributed by atoms with van der Waals surface area (Å²) in [6.45, 7) is 1.62. The highest BCUT2D eigenvalue weighted by atomic mass is 35.5. The molecule has 0 fully saturated rings. The van der Waals surface area contributed by atoms with Gasteiger partial charge in [0.15, 0.2) is 0 Å². The summed E-state index contributed by atoms with van der Waals surface area (Å²) in [5.74, 6) is -0.430. The molecule has 1 amide bonds. The van der Waals surface area contributed by atoms with E-state index in [9.17, 15) is 18.0 Å². The van der Waals surface area contributed by atoms with Gasteiger partial charge in [0.25, 0.3) is 5.91 Å². The molecular weight excluding hydrogens is 359 g/mol. The molecule has 7 heteroatoms. The van der Waals surface area contributed by atoms with Crippen LogP contribution in [-0.4, -0.2) is 12.2 Å². The van der Waals surface area contributed by atoms with Gasteiger partial charge in [-0.1, -0.05) is 23.7 Å². The number of carbonyl (C=O) groups is 1. The van der Waals surface area contributed by atoms with E-state index in [1.54, 1.807) is 31.2 Å². The number of hydrogen-bond donors (Lipinski definition) is 1. The van der Waals surface area contributed by atoms with Crippen LogP contribution in [0.2, 0.25) is 5.02 Å². The van der Waals surface area contributed by atoms with Crippen molar-refractivity contribution in [3.8, 4) is 0 Å². The Kier molecular flexibility index (Phi) is 5.83. The molecule has 2 nitrogen and oxygen atoms in total. The molecule has 0 saturated heterocycles. The average Bonchev–Trinajstić information content (AvgIpc) is 2.54. The Labute approximate surface area is 147 Å². The van der Waals surface area contributed by atoms with E-state index in [2.05, 4.69) is 5.32 Å². The number of alkyl halides is 3. The van der Waals surface area contributed by atoms with Gasteiger partial charge in [-0.25, -0.2) is 0 Å². The van der Waals surface area contributed by atoms with E-state index < -0.39 is 23.7 Å². The highest BCUT2D eigenvalue weighted by Gasteiger charge is 2.30. The van der Waals surface area contributed by atoms with Crippen molar-refractivity contribution in [2.24, 2.45) is 0 Å². The van der Waals surface area contributed by atoms with Crippen molar-refractivity contribution in [3.05, 3.63) is 64.2 Å². The molecule has 0 aliphatic rings. The highest BCUT2D eigenvalue weighted by Crippen LogP contribution is 2.31. The van der Waals surface area contributed by atoms with Crippen LogP contribution in [0.4, 0.5) is 13.2 Å². The van der Waals surface area contributed by atoms with Crippen LogP contribution >= 0.6 is 23.4 Å². The maximum absolute atomic E-state index is 12.8.